The average molecular weight is 271 g/mol. The molecule has 5 heteroatoms. The molecular formula is C14H29N3O2. The van der Waals surface area contributed by atoms with Crippen molar-refractivity contribution in [3.8, 4) is 0 Å². The van der Waals surface area contributed by atoms with E-state index in [9.17, 15) is 4.79 Å². The zero-order valence-corrected chi connectivity index (χ0v) is 12.7. The van der Waals surface area contributed by atoms with Gasteiger partial charge in [-0.1, -0.05) is 0 Å². The molecule has 0 aliphatic carbocycles. The first-order valence-corrected chi connectivity index (χ1v) is 7.15. The maximum absolute atomic E-state index is 11.7. The van der Waals surface area contributed by atoms with Gasteiger partial charge in [-0.2, -0.15) is 0 Å². The lowest BCUT2D eigenvalue weighted by atomic mass is 9.97. The van der Waals surface area contributed by atoms with Crippen molar-refractivity contribution in [1.29, 1.82) is 0 Å². The molecule has 1 atom stereocenters. The summed E-state index contributed by atoms with van der Waals surface area (Å²) in [5.74, 6) is 0.0369. The molecule has 1 amide bonds. The number of carbonyl (C=O) groups is 1. The standard InChI is InChI=1S/C14H29N3O2/c1-11(15)9-13(18)16-10-14(2,3)17-7-5-12(19-4)6-8-17/h11-12H,5-10,15H2,1-4H3,(H,16,18). The van der Waals surface area contributed by atoms with Gasteiger partial charge in [-0.05, 0) is 33.6 Å². The number of hydrogen-bond acceptors (Lipinski definition) is 4. The monoisotopic (exact) mass is 271 g/mol. The molecule has 19 heavy (non-hydrogen) atoms. The Hall–Kier alpha value is -0.650. The third kappa shape index (κ3) is 5.47. The van der Waals surface area contributed by atoms with Crippen LogP contribution in [-0.2, 0) is 9.53 Å². The minimum atomic E-state index is -0.0828. The predicted octanol–water partition coefficient (Wildman–Crippen LogP) is 0.729. The summed E-state index contributed by atoms with van der Waals surface area (Å²) < 4.78 is 5.38. The van der Waals surface area contributed by atoms with E-state index in [1.807, 2.05) is 6.92 Å². The second-order valence-corrected chi connectivity index (χ2v) is 6.19. The molecule has 3 N–H and O–H groups in total. The van der Waals surface area contributed by atoms with Crippen molar-refractivity contribution in [2.45, 2.75) is 57.7 Å². The number of piperidine rings is 1. The summed E-state index contributed by atoms with van der Waals surface area (Å²) in [6.45, 7) is 8.90. The van der Waals surface area contributed by atoms with Crippen LogP contribution in [0.1, 0.15) is 40.0 Å². The van der Waals surface area contributed by atoms with E-state index < -0.39 is 0 Å². The largest absolute Gasteiger partial charge is 0.381 e. The summed E-state index contributed by atoms with van der Waals surface area (Å²) in [4.78, 5) is 14.1. The van der Waals surface area contributed by atoms with Crippen LogP contribution < -0.4 is 11.1 Å². The molecule has 1 saturated heterocycles. The van der Waals surface area contributed by atoms with Crippen molar-refractivity contribution in [1.82, 2.24) is 10.2 Å². The van der Waals surface area contributed by atoms with Gasteiger partial charge in [0.15, 0.2) is 0 Å². The summed E-state index contributed by atoms with van der Waals surface area (Å²) in [6.07, 6.45) is 2.91. The lowest BCUT2D eigenvalue weighted by Gasteiger charge is -2.42. The molecule has 0 aromatic carbocycles. The minimum absolute atomic E-state index is 0.0216. The summed E-state index contributed by atoms with van der Waals surface area (Å²) in [6, 6.07) is -0.0828. The summed E-state index contributed by atoms with van der Waals surface area (Å²) in [5, 5.41) is 2.98. The van der Waals surface area contributed by atoms with Gasteiger partial charge in [0.25, 0.3) is 0 Å². The molecule has 1 aliphatic heterocycles. The van der Waals surface area contributed by atoms with Crippen LogP contribution in [0, 0.1) is 0 Å². The molecule has 1 unspecified atom stereocenters. The second kappa shape index (κ2) is 7.22. The molecule has 0 aromatic heterocycles. The molecule has 1 heterocycles. The Morgan fingerprint density at radius 2 is 2.05 bits per heavy atom. The van der Waals surface area contributed by atoms with Crippen LogP contribution >= 0.6 is 0 Å². The van der Waals surface area contributed by atoms with Gasteiger partial charge >= 0.3 is 0 Å². The lowest BCUT2D eigenvalue weighted by molar-refractivity contribution is -0.122. The molecule has 1 fully saturated rings. The summed E-state index contributed by atoms with van der Waals surface area (Å²) in [5.41, 5.74) is 5.60. The number of rotatable bonds is 6. The van der Waals surface area contributed by atoms with E-state index in [1.54, 1.807) is 7.11 Å². The fourth-order valence-electron chi connectivity index (χ4n) is 2.49. The number of ether oxygens (including phenoxy) is 1. The Morgan fingerprint density at radius 3 is 2.53 bits per heavy atom. The molecule has 0 spiro atoms. The number of hydrogen-bond donors (Lipinski definition) is 2. The first-order valence-electron chi connectivity index (χ1n) is 7.15. The number of nitrogens with two attached hydrogens (primary N) is 1. The number of amides is 1. The van der Waals surface area contributed by atoms with E-state index in [2.05, 4.69) is 24.1 Å². The molecule has 0 bridgehead atoms. The molecule has 5 nitrogen and oxygen atoms in total. The van der Waals surface area contributed by atoms with Gasteiger partial charge in [-0.3, -0.25) is 9.69 Å². The van der Waals surface area contributed by atoms with E-state index in [-0.39, 0.29) is 17.5 Å². The van der Waals surface area contributed by atoms with Crippen molar-refractivity contribution < 1.29 is 9.53 Å². The highest BCUT2D eigenvalue weighted by Crippen LogP contribution is 2.21. The van der Waals surface area contributed by atoms with E-state index >= 15 is 0 Å². The maximum Gasteiger partial charge on any atom is 0.221 e. The van der Waals surface area contributed by atoms with Gasteiger partial charge < -0.3 is 15.8 Å². The Bertz CT molecular complexity index is 284. The van der Waals surface area contributed by atoms with Crippen LogP contribution in [0.4, 0.5) is 0 Å². The van der Waals surface area contributed by atoms with Crippen LogP contribution in [0.2, 0.25) is 0 Å². The highest BCUT2D eigenvalue weighted by Gasteiger charge is 2.30. The van der Waals surface area contributed by atoms with Gasteiger partial charge in [-0.25, -0.2) is 0 Å². The maximum atomic E-state index is 11.7. The zero-order valence-electron chi connectivity index (χ0n) is 12.7. The normalized spacial score (nSPS) is 20.3. The Labute approximate surface area is 116 Å². The smallest absolute Gasteiger partial charge is 0.221 e. The predicted molar refractivity (Wildman–Crippen MR) is 77.0 cm³/mol. The Morgan fingerprint density at radius 1 is 1.47 bits per heavy atom. The molecule has 0 saturated carbocycles. The van der Waals surface area contributed by atoms with Gasteiger partial charge in [0, 0.05) is 44.7 Å². The quantitative estimate of drug-likeness (QED) is 0.747. The van der Waals surface area contributed by atoms with Crippen LogP contribution in [-0.4, -0.2) is 55.2 Å². The van der Waals surface area contributed by atoms with Crippen LogP contribution in [0.15, 0.2) is 0 Å². The third-order valence-corrected chi connectivity index (χ3v) is 3.86. The van der Waals surface area contributed by atoms with Crippen molar-refractivity contribution in [3.63, 3.8) is 0 Å². The third-order valence-electron chi connectivity index (χ3n) is 3.86. The SMILES string of the molecule is COC1CCN(C(C)(C)CNC(=O)CC(C)N)CC1. The number of nitrogens with one attached hydrogen (secondary N) is 1. The second-order valence-electron chi connectivity index (χ2n) is 6.19. The molecule has 1 aliphatic rings. The fraction of sp³-hybridized carbons (Fsp3) is 0.929. The van der Waals surface area contributed by atoms with Crippen LogP contribution in [0.25, 0.3) is 0 Å². The highest BCUT2D eigenvalue weighted by molar-refractivity contribution is 5.76. The number of methoxy groups -OCH3 is 1. The Kier molecular flexibility index (Phi) is 6.23. The van der Waals surface area contributed by atoms with Crippen molar-refractivity contribution in [2.24, 2.45) is 5.73 Å². The Balaban J connectivity index is 2.37. The summed E-state index contributed by atoms with van der Waals surface area (Å²) >= 11 is 0. The van der Waals surface area contributed by atoms with Crippen molar-refractivity contribution in [3.05, 3.63) is 0 Å². The number of nitrogens with zero attached hydrogens (tertiary/aromatic N) is 1. The summed E-state index contributed by atoms with van der Waals surface area (Å²) in [7, 11) is 1.78. The van der Waals surface area contributed by atoms with Crippen LogP contribution in [0.5, 0.6) is 0 Å². The van der Waals surface area contributed by atoms with Gasteiger partial charge in [-0.15, -0.1) is 0 Å². The number of carbonyl (C=O) groups excluding carboxylic acids is 1. The molecule has 1 rings (SSSR count). The first kappa shape index (κ1) is 16.4. The van der Waals surface area contributed by atoms with E-state index in [1.165, 1.54) is 0 Å². The van der Waals surface area contributed by atoms with Crippen LogP contribution in [0.3, 0.4) is 0 Å². The van der Waals surface area contributed by atoms with E-state index in [0.717, 1.165) is 25.9 Å². The molecule has 112 valence electrons. The van der Waals surface area contributed by atoms with E-state index in [0.29, 0.717) is 19.1 Å². The van der Waals surface area contributed by atoms with Gasteiger partial charge in [0.05, 0.1) is 6.10 Å². The van der Waals surface area contributed by atoms with Crippen molar-refractivity contribution in [2.75, 3.05) is 26.7 Å². The average Bonchev–Trinajstić information content (AvgIpc) is 2.36. The minimum Gasteiger partial charge on any atom is -0.381 e. The molecular weight excluding hydrogens is 242 g/mol. The van der Waals surface area contributed by atoms with E-state index in [4.69, 9.17) is 10.5 Å². The van der Waals surface area contributed by atoms with Gasteiger partial charge in [0.1, 0.15) is 0 Å². The first-order chi connectivity index (χ1) is 8.85. The molecule has 0 radical (unpaired) electrons. The zero-order chi connectivity index (χ0) is 14.5. The van der Waals surface area contributed by atoms with Crippen molar-refractivity contribution >= 4 is 5.91 Å². The lowest BCUT2D eigenvalue weighted by Crippen LogP contribution is -2.55. The molecule has 0 aromatic rings. The topological polar surface area (TPSA) is 67.6 Å². The number of likely N-dealkylation sites (tertiary alicyclic amines) is 1. The fourth-order valence-corrected chi connectivity index (χ4v) is 2.49. The highest BCUT2D eigenvalue weighted by atomic mass is 16.5. The van der Waals surface area contributed by atoms with Gasteiger partial charge in [0.2, 0.25) is 5.91 Å².